The number of halogens is 1. The molecule has 0 bridgehead atoms. The van der Waals surface area contributed by atoms with Crippen molar-refractivity contribution in [3.63, 3.8) is 0 Å². The highest BCUT2D eigenvalue weighted by atomic mass is 35.5. The molecule has 0 radical (unpaired) electrons. The Kier molecular flexibility index (Phi) is 3.19. The Morgan fingerprint density at radius 1 is 1.24 bits per heavy atom. The molecule has 0 aromatic carbocycles. The number of hydrogen-bond donors (Lipinski definition) is 0. The molecule has 1 aliphatic heterocycles. The molecular formula is C13H18ClN3. The van der Waals surface area contributed by atoms with Crippen LogP contribution in [0.1, 0.15) is 37.8 Å². The van der Waals surface area contributed by atoms with Gasteiger partial charge in [0, 0.05) is 18.8 Å². The molecule has 2 atom stereocenters. The van der Waals surface area contributed by atoms with E-state index in [9.17, 15) is 0 Å². The predicted molar refractivity (Wildman–Crippen MR) is 69.3 cm³/mol. The van der Waals surface area contributed by atoms with E-state index >= 15 is 0 Å². The number of anilines is 1. The second-order valence-electron chi connectivity index (χ2n) is 5.10. The van der Waals surface area contributed by atoms with Crippen LogP contribution in [0, 0.1) is 5.92 Å². The Morgan fingerprint density at radius 3 is 3.00 bits per heavy atom. The minimum absolute atomic E-state index is 0.447. The summed E-state index contributed by atoms with van der Waals surface area (Å²) in [5.74, 6) is 2.35. The molecule has 3 rings (SSSR count). The summed E-state index contributed by atoms with van der Waals surface area (Å²) < 4.78 is 0. The molecule has 17 heavy (non-hydrogen) atoms. The zero-order valence-corrected chi connectivity index (χ0v) is 10.7. The van der Waals surface area contributed by atoms with E-state index in [-0.39, 0.29) is 0 Å². The zero-order chi connectivity index (χ0) is 11.7. The maximum absolute atomic E-state index is 5.82. The van der Waals surface area contributed by atoms with Gasteiger partial charge in [0.2, 0.25) is 0 Å². The Labute approximate surface area is 107 Å². The third-order valence-corrected chi connectivity index (χ3v) is 4.39. The Morgan fingerprint density at radius 2 is 2.12 bits per heavy atom. The fraction of sp³-hybridized carbons (Fsp3) is 0.692. The van der Waals surface area contributed by atoms with Crippen LogP contribution in [0.4, 0.5) is 5.82 Å². The SMILES string of the molecule is ClCc1cncc(N2CCC3CCCCC32)n1. The van der Waals surface area contributed by atoms with Gasteiger partial charge < -0.3 is 4.90 Å². The fourth-order valence-corrected chi connectivity index (χ4v) is 3.42. The number of hydrogen-bond acceptors (Lipinski definition) is 3. The van der Waals surface area contributed by atoms with E-state index in [1.54, 1.807) is 6.20 Å². The number of nitrogens with zero attached hydrogens (tertiary/aromatic N) is 3. The Balaban J connectivity index is 1.83. The molecule has 1 saturated carbocycles. The van der Waals surface area contributed by atoms with Crippen molar-refractivity contribution in [2.24, 2.45) is 5.92 Å². The summed E-state index contributed by atoms with van der Waals surface area (Å²) in [6.45, 7) is 1.13. The van der Waals surface area contributed by atoms with Crippen LogP contribution in [-0.2, 0) is 5.88 Å². The summed E-state index contributed by atoms with van der Waals surface area (Å²) >= 11 is 5.82. The second kappa shape index (κ2) is 4.81. The van der Waals surface area contributed by atoms with Gasteiger partial charge in [-0.25, -0.2) is 4.98 Å². The summed E-state index contributed by atoms with van der Waals surface area (Å²) in [6.07, 6.45) is 10.4. The highest BCUT2D eigenvalue weighted by molar-refractivity contribution is 6.16. The molecule has 2 fully saturated rings. The average molecular weight is 252 g/mol. The summed E-state index contributed by atoms with van der Waals surface area (Å²) in [5.41, 5.74) is 0.878. The van der Waals surface area contributed by atoms with E-state index < -0.39 is 0 Å². The molecule has 1 aromatic heterocycles. The quantitative estimate of drug-likeness (QED) is 0.757. The maximum Gasteiger partial charge on any atom is 0.147 e. The molecule has 1 aromatic rings. The van der Waals surface area contributed by atoms with E-state index in [4.69, 9.17) is 11.6 Å². The molecule has 1 aliphatic carbocycles. The normalized spacial score (nSPS) is 28.2. The van der Waals surface area contributed by atoms with Crippen LogP contribution in [0.3, 0.4) is 0 Å². The molecule has 2 unspecified atom stereocenters. The topological polar surface area (TPSA) is 29.0 Å². The number of alkyl halides is 1. The first-order chi connectivity index (χ1) is 8.38. The lowest BCUT2D eigenvalue weighted by molar-refractivity contribution is 0.341. The van der Waals surface area contributed by atoms with Gasteiger partial charge in [0.1, 0.15) is 5.82 Å². The smallest absolute Gasteiger partial charge is 0.147 e. The van der Waals surface area contributed by atoms with Crippen LogP contribution in [-0.4, -0.2) is 22.6 Å². The zero-order valence-electron chi connectivity index (χ0n) is 9.98. The number of aromatic nitrogens is 2. The van der Waals surface area contributed by atoms with Crippen molar-refractivity contribution in [2.75, 3.05) is 11.4 Å². The first-order valence-electron chi connectivity index (χ1n) is 6.52. The van der Waals surface area contributed by atoms with Crippen molar-refractivity contribution in [3.05, 3.63) is 18.1 Å². The largest absolute Gasteiger partial charge is 0.352 e. The first kappa shape index (κ1) is 11.3. The summed E-state index contributed by atoms with van der Waals surface area (Å²) in [4.78, 5) is 11.3. The van der Waals surface area contributed by atoms with Gasteiger partial charge in [0.05, 0.1) is 17.8 Å². The highest BCUT2D eigenvalue weighted by Gasteiger charge is 2.36. The minimum atomic E-state index is 0.447. The van der Waals surface area contributed by atoms with E-state index in [0.29, 0.717) is 11.9 Å². The monoisotopic (exact) mass is 251 g/mol. The Bertz CT molecular complexity index is 396. The van der Waals surface area contributed by atoms with Crippen LogP contribution in [0.5, 0.6) is 0 Å². The summed E-state index contributed by atoms with van der Waals surface area (Å²) in [7, 11) is 0. The predicted octanol–water partition coefficient (Wildman–Crippen LogP) is 2.98. The van der Waals surface area contributed by atoms with Crippen molar-refractivity contribution in [3.8, 4) is 0 Å². The molecule has 2 aliphatic rings. The van der Waals surface area contributed by atoms with Gasteiger partial charge in [-0.1, -0.05) is 12.8 Å². The molecule has 4 heteroatoms. The van der Waals surface area contributed by atoms with Gasteiger partial charge in [-0.05, 0) is 25.2 Å². The molecular weight excluding hydrogens is 234 g/mol. The van der Waals surface area contributed by atoms with Gasteiger partial charge >= 0.3 is 0 Å². The van der Waals surface area contributed by atoms with Crippen molar-refractivity contribution < 1.29 is 0 Å². The lowest BCUT2D eigenvalue weighted by atomic mass is 9.85. The van der Waals surface area contributed by atoms with Crippen molar-refractivity contribution in [1.29, 1.82) is 0 Å². The summed E-state index contributed by atoms with van der Waals surface area (Å²) in [5, 5.41) is 0. The van der Waals surface area contributed by atoms with Gasteiger partial charge in [-0.3, -0.25) is 4.98 Å². The minimum Gasteiger partial charge on any atom is -0.352 e. The van der Waals surface area contributed by atoms with Crippen molar-refractivity contribution in [2.45, 2.75) is 44.0 Å². The van der Waals surface area contributed by atoms with Crippen LogP contribution < -0.4 is 4.90 Å². The van der Waals surface area contributed by atoms with Gasteiger partial charge in [-0.2, -0.15) is 0 Å². The van der Waals surface area contributed by atoms with E-state index in [1.165, 1.54) is 32.1 Å². The molecule has 0 N–H and O–H groups in total. The third kappa shape index (κ3) is 2.13. The van der Waals surface area contributed by atoms with Gasteiger partial charge in [-0.15, -0.1) is 11.6 Å². The molecule has 0 amide bonds. The van der Waals surface area contributed by atoms with Crippen LogP contribution in [0.15, 0.2) is 12.4 Å². The summed E-state index contributed by atoms with van der Waals surface area (Å²) in [6, 6.07) is 0.698. The Hall–Kier alpha value is -0.830. The number of fused-ring (bicyclic) bond motifs is 1. The third-order valence-electron chi connectivity index (χ3n) is 4.11. The van der Waals surface area contributed by atoms with Crippen LogP contribution in [0.2, 0.25) is 0 Å². The first-order valence-corrected chi connectivity index (χ1v) is 7.05. The number of rotatable bonds is 2. The lowest BCUT2D eigenvalue weighted by Gasteiger charge is -2.32. The second-order valence-corrected chi connectivity index (χ2v) is 5.36. The molecule has 1 saturated heterocycles. The molecule has 3 nitrogen and oxygen atoms in total. The van der Waals surface area contributed by atoms with Gasteiger partial charge in [0.25, 0.3) is 0 Å². The maximum atomic E-state index is 5.82. The van der Waals surface area contributed by atoms with Crippen LogP contribution >= 0.6 is 11.6 Å². The lowest BCUT2D eigenvalue weighted by Crippen LogP contribution is -2.35. The van der Waals surface area contributed by atoms with E-state index in [0.717, 1.165) is 24.0 Å². The highest BCUT2D eigenvalue weighted by Crippen LogP contribution is 2.37. The van der Waals surface area contributed by atoms with Crippen molar-refractivity contribution >= 4 is 17.4 Å². The van der Waals surface area contributed by atoms with E-state index in [2.05, 4.69) is 14.9 Å². The molecule has 92 valence electrons. The van der Waals surface area contributed by atoms with Crippen molar-refractivity contribution in [1.82, 2.24) is 9.97 Å². The van der Waals surface area contributed by atoms with Crippen LogP contribution in [0.25, 0.3) is 0 Å². The fourth-order valence-electron chi connectivity index (χ4n) is 3.29. The molecule has 0 spiro atoms. The molecule has 2 heterocycles. The van der Waals surface area contributed by atoms with E-state index in [1.807, 2.05) is 6.20 Å². The van der Waals surface area contributed by atoms with Gasteiger partial charge in [0.15, 0.2) is 0 Å². The standard InChI is InChI=1S/C13H18ClN3/c14-7-11-8-15-9-13(16-11)17-6-5-10-3-1-2-4-12(10)17/h8-10,12H,1-7H2. The average Bonchev–Trinajstić information content (AvgIpc) is 2.82.